The Labute approximate surface area is 157 Å². The minimum Gasteiger partial charge on any atom is -0.489 e. The van der Waals surface area contributed by atoms with Crippen LogP contribution in [0.2, 0.25) is 0 Å². The maximum Gasteiger partial charge on any atom is 0.123 e. The standard InChI is InChI=1S/C16H18FNO.C2H6O.C2H6.CH2O/c1-11-4-6-15(18-3)13(8-11)10-19-16-7-5-14(17)9-12(16)2;1-3-2;2*1-2/h4-9,18H,10H2,1-3H3;1-2H3;1-2H3;1H2. The highest BCUT2D eigenvalue weighted by Crippen LogP contribution is 2.22. The molecule has 0 saturated carbocycles. The van der Waals surface area contributed by atoms with Gasteiger partial charge in [-0.2, -0.15) is 0 Å². The molecule has 0 aliphatic heterocycles. The Bertz CT molecular complexity index is 618. The van der Waals surface area contributed by atoms with Crippen LogP contribution in [0.1, 0.15) is 30.5 Å². The predicted octanol–water partition coefficient (Wildman–Crippen LogP) is 5.17. The van der Waals surface area contributed by atoms with Crippen molar-refractivity contribution >= 4 is 12.5 Å². The van der Waals surface area contributed by atoms with Crippen molar-refractivity contribution in [1.82, 2.24) is 0 Å². The summed E-state index contributed by atoms with van der Waals surface area (Å²) in [5, 5.41) is 3.14. The highest BCUT2D eigenvalue weighted by atomic mass is 19.1. The molecule has 1 N–H and O–H groups in total. The molecule has 0 fully saturated rings. The average Bonchev–Trinajstić information content (AvgIpc) is 2.65. The van der Waals surface area contributed by atoms with E-state index in [0.29, 0.717) is 12.4 Å². The van der Waals surface area contributed by atoms with E-state index >= 15 is 0 Å². The molecule has 0 unspecified atom stereocenters. The molecule has 0 aromatic heterocycles. The molecule has 0 saturated heterocycles. The number of benzene rings is 2. The second-order valence-corrected chi connectivity index (χ2v) is 5.02. The van der Waals surface area contributed by atoms with Gasteiger partial charge in [0.05, 0.1) is 0 Å². The second kappa shape index (κ2) is 16.1. The fourth-order valence-corrected chi connectivity index (χ4v) is 2.02. The minimum atomic E-state index is -0.240. The van der Waals surface area contributed by atoms with E-state index < -0.39 is 0 Å². The minimum absolute atomic E-state index is 0.240. The van der Waals surface area contributed by atoms with E-state index in [-0.39, 0.29) is 5.82 Å². The monoisotopic (exact) mass is 365 g/mol. The highest BCUT2D eigenvalue weighted by Gasteiger charge is 2.05. The van der Waals surface area contributed by atoms with Crippen LogP contribution in [0, 0.1) is 19.7 Å². The topological polar surface area (TPSA) is 47.6 Å². The lowest BCUT2D eigenvalue weighted by Gasteiger charge is -2.13. The first-order chi connectivity index (χ1) is 12.5. The van der Waals surface area contributed by atoms with Crippen LogP contribution in [-0.4, -0.2) is 28.1 Å². The van der Waals surface area contributed by atoms with Crippen LogP contribution in [0.25, 0.3) is 0 Å². The van der Waals surface area contributed by atoms with E-state index in [4.69, 9.17) is 9.53 Å². The maximum absolute atomic E-state index is 13.0. The van der Waals surface area contributed by atoms with Crippen LogP contribution < -0.4 is 10.1 Å². The number of carbonyl (C=O) groups is 1. The molecule has 0 atom stereocenters. The summed E-state index contributed by atoms with van der Waals surface area (Å²) in [7, 11) is 5.14. The highest BCUT2D eigenvalue weighted by molar-refractivity contribution is 5.52. The van der Waals surface area contributed by atoms with Gasteiger partial charge in [0.2, 0.25) is 0 Å². The zero-order chi connectivity index (χ0) is 20.5. The van der Waals surface area contributed by atoms with E-state index in [1.54, 1.807) is 20.3 Å². The molecule has 0 aliphatic rings. The number of anilines is 1. The third-order valence-electron chi connectivity index (χ3n) is 3.05. The van der Waals surface area contributed by atoms with Crippen molar-refractivity contribution in [2.45, 2.75) is 34.3 Å². The first-order valence-corrected chi connectivity index (χ1v) is 8.37. The molecular formula is C21H32FNO3. The molecule has 0 heterocycles. The number of aryl methyl sites for hydroxylation is 2. The van der Waals surface area contributed by atoms with Gasteiger partial charge in [-0.3, -0.25) is 0 Å². The van der Waals surface area contributed by atoms with E-state index in [1.165, 1.54) is 17.7 Å². The number of methoxy groups -OCH3 is 1. The van der Waals surface area contributed by atoms with Gasteiger partial charge in [-0.1, -0.05) is 31.5 Å². The molecule has 2 aromatic carbocycles. The quantitative estimate of drug-likeness (QED) is 0.812. The van der Waals surface area contributed by atoms with Gasteiger partial charge in [0.1, 0.15) is 25.0 Å². The second-order valence-electron chi connectivity index (χ2n) is 5.02. The molecule has 0 bridgehead atoms. The molecule has 2 rings (SSSR count). The van der Waals surface area contributed by atoms with Crippen LogP contribution in [-0.2, 0) is 16.1 Å². The van der Waals surface area contributed by atoms with Gasteiger partial charge in [0.25, 0.3) is 0 Å². The van der Waals surface area contributed by atoms with E-state index in [1.807, 2.05) is 47.6 Å². The van der Waals surface area contributed by atoms with Crippen LogP contribution in [0.15, 0.2) is 36.4 Å². The SMILES string of the molecule is C=O.CC.CNc1ccc(C)cc1COc1ccc(F)cc1C.COC. The summed E-state index contributed by atoms with van der Waals surface area (Å²) in [4.78, 5) is 8.00. The van der Waals surface area contributed by atoms with Crippen molar-refractivity contribution in [3.63, 3.8) is 0 Å². The molecule has 2 aromatic rings. The van der Waals surface area contributed by atoms with E-state index in [0.717, 1.165) is 16.8 Å². The number of nitrogens with one attached hydrogen (secondary N) is 1. The first-order valence-electron chi connectivity index (χ1n) is 8.37. The Morgan fingerprint density at radius 1 is 1.04 bits per heavy atom. The van der Waals surface area contributed by atoms with Gasteiger partial charge < -0.3 is 19.6 Å². The van der Waals surface area contributed by atoms with Crippen molar-refractivity contribution in [2.24, 2.45) is 0 Å². The summed E-state index contributed by atoms with van der Waals surface area (Å²) in [6.07, 6.45) is 0. The third kappa shape index (κ3) is 9.79. The van der Waals surface area contributed by atoms with Gasteiger partial charge >= 0.3 is 0 Å². The molecule has 26 heavy (non-hydrogen) atoms. The summed E-state index contributed by atoms with van der Waals surface area (Å²) in [6.45, 7) is 10.4. The van der Waals surface area contributed by atoms with Crippen molar-refractivity contribution in [3.8, 4) is 5.75 Å². The smallest absolute Gasteiger partial charge is 0.123 e. The number of rotatable bonds is 4. The van der Waals surface area contributed by atoms with Gasteiger partial charge in [-0.25, -0.2) is 4.39 Å². The number of halogens is 1. The van der Waals surface area contributed by atoms with Crippen molar-refractivity contribution in [2.75, 3.05) is 26.6 Å². The zero-order valence-corrected chi connectivity index (χ0v) is 17.0. The molecule has 0 aliphatic carbocycles. The average molecular weight is 365 g/mol. The summed E-state index contributed by atoms with van der Waals surface area (Å²) in [5.74, 6) is 0.473. The molecule has 0 radical (unpaired) electrons. The lowest BCUT2D eigenvalue weighted by Crippen LogP contribution is -2.02. The van der Waals surface area contributed by atoms with Gasteiger partial charge in [-0.15, -0.1) is 0 Å². The molecule has 5 heteroatoms. The summed E-state index contributed by atoms with van der Waals surface area (Å²) in [6, 6.07) is 10.7. The van der Waals surface area contributed by atoms with Crippen LogP contribution in [0.3, 0.4) is 0 Å². The molecule has 0 spiro atoms. The summed E-state index contributed by atoms with van der Waals surface area (Å²) >= 11 is 0. The fraction of sp³-hybridized carbons (Fsp3) is 0.381. The lowest BCUT2D eigenvalue weighted by molar-refractivity contribution is -0.0979. The van der Waals surface area contributed by atoms with E-state index in [9.17, 15) is 4.39 Å². The predicted molar refractivity (Wildman–Crippen MR) is 108 cm³/mol. The van der Waals surface area contributed by atoms with Crippen LogP contribution >= 0.6 is 0 Å². The van der Waals surface area contributed by atoms with Gasteiger partial charge in [0, 0.05) is 32.5 Å². The maximum atomic E-state index is 13.0. The molecule has 4 nitrogen and oxygen atoms in total. The lowest BCUT2D eigenvalue weighted by atomic mass is 10.1. The third-order valence-corrected chi connectivity index (χ3v) is 3.05. The van der Waals surface area contributed by atoms with Gasteiger partial charge in [0.15, 0.2) is 0 Å². The Morgan fingerprint density at radius 2 is 1.62 bits per heavy atom. The van der Waals surface area contributed by atoms with Crippen molar-refractivity contribution < 1.29 is 18.7 Å². The van der Waals surface area contributed by atoms with Crippen LogP contribution in [0.4, 0.5) is 10.1 Å². The summed E-state index contributed by atoms with van der Waals surface area (Å²) in [5.41, 5.74) is 4.13. The number of carbonyl (C=O) groups excluding carboxylic acids is 1. The Morgan fingerprint density at radius 3 is 2.12 bits per heavy atom. The molecule has 0 amide bonds. The Hall–Kier alpha value is -2.40. The van der Waals surface area contributed by atoms with E-state index in [2.05, 4.69) is 22.2 Å². The van der Waals surface area contributed by atoms with Crippen molar-refractivity contribution in [3.05, 3.63) is 58.9 Å². The molecule has 146 valence electrons. The molecular weight excluding hydrogens is 333 g/mol. The van der Waals surface area contributed by atoms with Crippen LogP contribution in [0.5, 0.6) is 5.75 Å². The number of hydrogen-bond acceptors (Lipinski definition) is 4. The summed E-state index contributed by atoms with van der Waals surface area (Å²) < 4.78 is 23.0. The number of hydrogen-bond donors (Lipinski definition) is 1. The first kappa shape index (κ1) is 25.8. The zero-order valence-electron chi connectivity index (χ0n) is 17.0. The Kier molecular flexibility index (Phi) is 16.0. The fourth-order valence-electron chi connectivity index (χ4n) is 2.02. The Balaban J connectivity index is 0. The van der Waals surface area contributed by atoms with Gasteiger partial charge in [-0.05, 0) is 43.7 Å². The number of ether oxygens (including phenoxy) is 2. The normalized spacial score (nSPS) is 8.62. The van der Waals surface area contributed by atoms with Crippen molar-refractivity contribution in [1.29, 1.82) is 0 Å². The largest absolute Gasteiger partial charge is 0.489 e.